The number of halogens is 1. The SMILES string of the molecule is Cc1cc(C)n(C(CCl)CN(Cc2cc(C)on2)Cc2cc(C)on2)n1. The zero-order valence-corrected chi connectivity index (χ0v) is 16.3. The van der Waals surface area contributed by atoms with Gasteiger partial charge in [-0.2, -0.15) is 5.10 Å². The fourth-order valence-corrected chi connectivity index (χ4v) is 3.36. The predicted octanol–water partition coefficient (Wildman–Crippen LogP) is 3.58. The number of aryl methyl sites for hydroxylation is 4. The molecule has 0 bridgehead atoms. The van der Waals surface area contributed by atoms with E-state index in [2.05, 4.69) is 26.4 Å². The molecule has 140 valence electrons. The van der Waals surface area contributed by atoms with Crippen LogP contribution in [0.4, 0.5) is 0 Å². The van der Waals surface area contributed by atoms with Gasteiger partial charge in [0.1, 0.15) is 11.5 Å². The highest BCUT2D eigenvalue weighted by atomic mass is 35.5. The van der Waals surface area contributed by atoms with Gasteiger partial charge >= 0.3 is 0 Å². The average Bonchev–Trinajstić information content (AvgIpc) is 3.26. The van der Waals surface area contributed by atoms with E-state index in [0.717, 1.165) is 34.3 Å². The van der Waals surface area contributed by atoms with E-state index < -0.39 is 0 Å². The quantitative estimate of drug-likeness (QED) is 0.559. The lowest BCUT2D eigenvalue weighted by Crippen LogP contribution is -2.32. The van der Waals surface area contributed by atoms with E-state index in [4.69, 9.17) is 20.6 Å². The summed E-state index contributed by atoms with van der Waals surface area (Å²) in [6, 6.07) is 6.00. The normalized spacial score (nSPS) is 12.8. The number of nitrogens with zero attached hydrogens (tertiary/aromatic N) is 5. The molecule has 3 aromatic heterocycles. The second-order valence-corrected chi connectivity index (χ2v) is 7.02. The fraction of sp³-hybridized carbons (Fsp3) is 0.500. The van der Waals surface area contributed by atoms with Crippen molar-refractivity contribution in [2.24, 2.45) is 0 Å². The van der Waals surface area contributed by atoms with Crippen LogP contribution in [0.25, 0.3) is 0 Å². The summed E-state index contributed by atoms with van der Waals surface area (Å²) < 4.78 is 12.4. The van der Waals surface area contributed by atoms with Crippen LogP contribution in [0, 0.1) is 27.7 Å². The minimum atomic E-state index is 0.0476. The Labute approximate surface area is 157 Å². The Morgan fingerprint density at radius 3 is 1.96 bits per heavy atom. The van der Waals surface area contributed by atoms with E-state index >= 15 is 0 Å². The standard InChI is InChI=1S/C18H24ClN5O2/c1-12-5-13(2)24(20-12)18(8-19)11-23(9-16-6-14(3)25-21-16)10-17-7-15(4)26-22-17/h5-7,18H,8-11H2,1-4H3. The van der Waals surface area contributed by atoms with Crippen molar-refractivity contribution in [3.05, 3.63) is 52.5 Å². The van der Waals surface area contributed by atoms with Gasteiger partial charge in [0.2, 0.25) is 0 Å². The van der Waals surface area contributed by atoms with Crippen LogP contribution >= 0.6 is 11.6 Å². The highest BCUT2D eigenvalue weighted by molar-refractivity contribution is 6.18. The summed E-state index contributed by atoms with van der Waals surface area (Å²) in [5.74, 6) is 2.06. The van der Waals surface area contributed by atoms with Crippen LogP contribution < -0.4 is 0 Å². The molecule has 0 saturated heterocycles. The van der Waals surface area contributed by atoms with E-state index in [-0.39, 0.29) is 6.04 Å². The van der Waals surface area contributed by atoms with Crippen molar-refractivity contribution in [1.29, 1.82) is 0 Å². The molecule has 8 heteroatoms. The Balaban J connectivity index is 1.79. The largest absolute Gasteiger partial charge is 0.361 e. The maximum absolute atomic E-state index is 6.29. The highest BCUT2D eigenvalue weighted by Gasteiger charge is 2.20. The molecule has 0 spiro atoms. The minimum Gasteiger partial charge on any atom is -0.361 e. The zero-order chi connectivity index (χ0) is 18.7. The molecule has 3 rings (SSSR count). The summed E-state index contributed by atoms with van der Waals surface area (Å²) in [5.41, 5.74) is 3.85. The number of hydrogen-bond donors (Lipinski definition) is 0. The Hall–Kier alpha value is -2.12. The maximum Gasteiger partial charge on any atom is 0.133 e. The zero-order valence-electron chi connectivity index (χ0n) is 15.6. The lowest BCUT2D eigenvalue weighted by molar-refractivity contribution is 0.204. The van der Waals surface area contributed by atoms with Crippen LogP contribution in [0.3, 0.4) is 0 Å². The predicted molar refractivity (Wildman–Crippen MR) is 98.1 cm³/mol. The first kappa shape index (κ1) is 18.7. The van der Waals surface area contributed by atoms with E-state index in [1.807, 2.05) is 44.5 Å². The van der Waals surface area contributed by atoms with Crippen molar-refractivity contribution in [1.82, 2.24) is 25.0 Å². The number of aromatic nitrogens is 4. The molecule has 0 amide bonds. The van der Waals surface area contributed by atoms with Crippen molar-refractivity contribution in [2.75, 3.05) is 12.4 Å². The molecule has 0 aliphatic heterocycles. The second-order valence-electron chi connectivity index (χ2n) is 6.71. The molecule has 0 aromatic carbocycles. The topological polar surface area (TPSA) is 73.1 Å². The van der Waals surface area contributed by atoms with Crippen molar-refractivity contribution in [3.8, 4) is 0 Å². The van der Waals surface area contributed by atoms with Gasteiger partial charge in [-0.25, -0.2) is 0 Å². The van der Waals surface area contributed by atoms with E-state index in [1.54, 1.807) is 0 Å². The van der Waals surface area contributed by atoms with Gasteiger partial charge in [0.05, 0.1) is 23.1 Å². The van der Waals surface area contributed by atoms with Gasteiger partial charge < -0.3 is 9.05 Å². The first-order valence-corrected chi connectivity index (χ1v) is 9.13. The molecular weight excluding hydrogens is 354 g/mol. The third kappa shape index (κ3) is 4.53. The number of rotatable bonds is 8. The Morgan fingerprint density at radius 2 is 1.58 bits per heavy atom. The Bertz CT molecular complexity index is 811. The third-order valence-electron chi connectivity index (χ3n) is 4.16. The van der Waals surface area contributed by atoms with Gasteiger partial charge in [-0.3, -0.25) is 9.58 Å². The van der Waals surface area contributed by atoms with Crippen molar-refractivity contribution in [3.63, 3.8) is 0 Å². The average molecular weight is 378 g/mol. The molecule has 0 aliphatic rings. The van der Waals surface area contributed by atoms with E-state index in [0.29, 0.717) is 25.5 Å². The smallest absolute Gasteiger partial charge is 0.133 e. The first-order valence-electron chi connectivity index (χ1n) is 8.60. The van der Waals surface area contributed by atoms with Crippen LogP contribution in [0.5, 0.6) is 0 Å². The molecule has 26 heavy (non-hydrogen) atoms. The van der Waals surface area contributed by atoms with Crippen LogP contribution in [-0.2, 0) is 13.1 Å². The van der Waals surface area contributed by atoms with E-state index in [9.17, 15) is 0 Å². The van der Waals surface area contributed by atoms with Crippen LogP contribution in [0.1, 0.15) is 40.3 Å². The Morgan fingerprint density at radius 1 is 1.00 bits per heavy atom. The maximum atomic E-state index is 6.29. The fourth-order valence-electron chi connectivity index (χ4n) is 3.13. The molecule has 1 atom stereocenters. The molecule has 0 saturated carbocycles. The lowest BCUT2D eigenvalue weighted by Gasteiger charge is -2.26. The van der Waals surface area contributed by atoms with Gasteiger partial charge in [-0.1, -0.05) is 10.3 Å². The summed E-state index contributed by atoms with van der Waals surface area (Å²) in [6.07, 6.45) is 0. The summed E-state index contributed by atoms with van der Waals surface area (Å²) >= 11 is 6.29. The lowest BCUT2D eigenvalue weighted by atomic mass is 10.2. The van der Waals surface area contributed by atoms with Gasteiger partial charge in [-0.05, 0) is 33.8 Å². The van der Waals surface area contributed by atoms with Crippen molar-refractivity contribution < 1.29 is 9.05 Å². The molecule has 0 N–H and O–H groups in total. The van der Waals surface area contributed by atoms with Gasteiger partial charge in [0, 0.05) is 43.3 Å². The molecule has 1 unspecified atom stereocenters. The summed E-state index contributed by atoms with van der Waals surface area (Å²) in [6.45, 7) is 9.79. The Kier molecular flexibility index (Phi) is 5.78. The molecular formula is C18H24ClN5O2. The summed E-state index contributed by atoms with van der Waals surface area (Å²) in [7, 11) is 0. The van der Waals surface area contributed by atoms with Crippen molar-refractivity contribution in [2.45, 2.75) is 46.8 Å². The minimum absolute atomic E-state index is 0.0476. The molecule has 3 aromatic rings. The van der Waals surface area contributed by atoms with Gasteiger partial charge in [0.15, 0.2) is 0 Å². The number of hydrogen-bond acceptors (Lipinski definition) is 6. The van der Waals surface area contributed by atoms with Crippen LogP contribution in [-0.4, -0.2) is 37.4 Å². The summed E-state index contributed by atoms with van der Waals surface area (Å²) in [4.78, 5) is 2.23. The van der Waals surface area contributed by atoms with E-state index in [1.165, 1.54) is 0 Å². The van der Waals surface area contributed by atoms with Crippen LogP contribution in [0.15, 0.2) is 27.2 Å². The molecule has 0 radical (unpaired) electrons. The molecule has 3 heterocycles. The van der Waals surface area contributed by atoms with Crippen molar-refractivity contribution >= 4 is 11.6 Å². The second kappa shape index (κ2) is 8.05. The monoisotopic (exact) mass is 377 g/mol. The third-order valence-corrected chi connectivity index (χ3v) is 4.52. The van der Waals surface area contributed by atoms with Crippen LogP contribution in [0.2, 0.25) is 0 Å². The first-order chi connectivity index (χ1) is 12.4. The summed E-state index contributed by atoms with van der Waals surface area (Å²) in [5, 5.41) is 12.8. The van der Waals surface area contributed by atoms with Gasteiger partial charge in [0.25, 0.3) is 0 Å². The van der Waals surface area contributed by atoms with Gasteiger partial charge in [-0.15, -0.1) is 11.6 Å². The highest BCUT2D eigenvalue weighted by Crippen LogP contribution is 2.18. The number of alkyl halides is 1. The molecule has 7 nitrogen and oxygen atoms in total. The molecule has 0 aliphatic carbocycles. The molecule has 0 fully saturated rings.